The molecule has 0 saturated heterocycles. The fourth-order valence-corrected chi connectivity index (χ4v) is 1.48. The first kappa shape index (κ1) is 8.51. The molecule has 1 aliphatic rings. The number of pyridine rings is 1. The summed E-state index contributed by atoms with van der Waals surface area (Å²) in [6, 6.07) is 4.54. The predicted molar refractivity (Wildman–Crippen MR) is 53.1 cm³/mol. The lowest BCUT2D eigenvalue weighted by molar-refractivity contribution is 0.312. The van der Waals surface area contributed by atoms with Crippen LogP contribution in [0, 0.1) is 0 Å². The van der Waals surface area contributed by atoms with E-state index in [4.69, 9.17) is 5.73 Å². The quantitative estimate of drug-likeness (QED) is 0.755. The number of nitrogens with zero attached hydrogens (tertiary/aromatic N) is 2. The standard InChI is InChI=1S/C10H15N3/c1-13(10-2-3-10)7-9-6-8(11)4-5-12-9/h4-6,10H,2-3,7H2,1H3,(H2,11,12). The first-order valence-electron chi connectivity index (χ1n) is 4.66. The molecule has 0 bridgehead atoms. The van der Waals surface area contributed by atoms with Gasteiger partial charge in [0.05, 0.1) is 5.69 Å². The van der Waals surface area contributed by atoms with E-state index in [9.17, 15) is 0 Å². The normalized spacial score (nSPS) is 16.5. The van der Waals surface area contributed by atoms with E-state index < -0.39 is 0 Å². The number of anilines is 1. The van der Waals surface area contributed by atoms with E-state index in [0.29, 0.717) is 0 Å². The largest absolute Gasteiger partial charge is 0.399 e. The Morgan fingerprint density at radius 1 is 1.62 bits per heavy atom. The van der Waals surface area contributed by atoms with Crippen molar-refractivity contribution in [1.29, 1.82) is 0 Å². The predicted octanol–water partition coefficient (Wildman–Crippen LogP) is 1.26. The summed E-state index contributed by atoms with van der Waals surface area (Å²) in [7, 11) is 2.14. The van der Waals surface area contributed by atoms with Crippen molar-refractivity contribution >= 4 is 5.69 Å². The Bertz CT molecular complexity index is 294. The molecule has 1 aromatic rings. The van der Waals surface area contributed by atoms with Crippen molar-refractivity contribution in [2.24, 2.45) is 0 Å². The van der Waals surface area contributed by atoms with Gasteiger partial charge in [-0.1, -0.05) is 0 Å². The molecule has 2 rings (SSSR count). The molecule has 1 heterocycles. The smallest absolute Gasteiger partial charge is 0.0564 e. The SMILES string of the molecule is CN(Cc1cc(N)ccn1)C1CC1. The van der Waals surface area contributed by atoms with Gasteiger partial charge in [0.15, 0.2) is 0 Å². The molecule has 70 valence electrons. The van der Waals surface area contributed by atoms with Gasteiger partial charge in [-0.25, -0.2) is 0 Å². The molecule has 1 fully saturated rings. The second-order valence-electron chi connectivity index (χ2n) is 3.73. The molecule has 0 unspecified atom stereocenters. The second kappa shape index (κ2) is 3.34. The maximum atomic E-state index is 5.67. The molecule has 13 heavy (non-hydrogen) atoms. The Hall–Kier alpha value is -1.09. The fourth-order valence-electron chi connectivity index (χ4n) is 1.48. The third-order valence-electron chi connectivity index (χ3n) is 2.42. The van der Waals surface area contributed by atoms with Gasteiger partial charge in [-0.05, 0) is 32.0 Å². The van der Waals surface area contributed by atoms with E-state index in [1.165, 1.54) is 12.8 Å². The summed E-state index contributed by atoms with van der Waals surface area (Å²) in [4.78, 5) is 6.60. The minimum Gasteiger partial charge on any atom is -0.399 e. The summed E-state index contributed by atoms with van der Waals surface area (Å²) in [5.74, 6) is 0. The zero-order valence-corrected chi connectivity index (χ0v) is 7.90. The van der Waals surface area contributed by atoms with Gasteiger partial charge < -0.3 is 5.73 Å². The Balaban J connectivity index is 2.00. The highest BCUT2D eigenvalue weighted by Gasteiger charge is 2.25. The topological polar surface area (TPSA) is 42.1 Å². The van der Waals surface area contributed by atoms with Gasteiger partial charge in [-0.3, -0.25) is 9.88 Å². The molecule has 1 aliphatic carbocycles. The average Bonchev–Trinajstić information content (AvgIpc) is 2.85. The number of rotatable bonds is 3. The molecule has 0 aromatic carbocycles. The van der Waals surface area contributed by atoms with E-state index >= 15 is 0 Å². The number of hydrogen-bond donors (Lipinski definition) is 1. The van der Waals surface area contributed by atoms with Crippen LogP contribution in [0.15, 0.2) is 18.3 Å². The first-order valence-corrected chi connectivity index (χ1v) is 4.66. The van der Waals surface area contributed by atoms with Gasteiger partial charge in [0, 0.05) is 24.5 Å². The molecule has 3 nitrogen and oxygen atoms in total. The maximum absolute atomic E-state index is 5.67. The summed E-state index contributed by atoms with van der Waals surface area (Å²) in [5.41, 5.74) is 7.53. The Kier molecular flexibility index (Phi) is 2.19. The molecule has 0 amide bonds. The van der Waals surface area contributed by atoms with Crippen molar-refractivity contribution in [2.75, 3.05) is 12.8 Å². The third-order valence-corrected chi connectivity index (χ3v) is 2.42. The van der Waals surface area contributed by atoms with Crippen molar-refractivity contribution < 1.29 is 0 Å². The van der Waals surface area contributed by atoms with Gasteiger partial charge in [-0.15, -0.1) is 0 Å². The van der Waals surface area contributed by atoms with E-state index in [0.717, 1.165) is 24.0 Å². The highest BCUT2D eigenvalue weighted by atomic mass is 15.2. The molecule has 1 saturated carbocycles. The van der Waals surface area contributed by atoms with Crippen molar-refractivity contribution in [2.45, 2.75) is 25.4 Å². The minimum absolute atomic E-state index is 0.781. The number of aromatic nitrogens is 1. The van der Waals surface area contributed by atoms with E-state index in [1.54, 1.807) is 6.20 Å². The highest BCUT2D eigenvalue weighted by molar-refractivity contribution is 5.37. The lowest BCUT2D eigenvalue weighted by Crippen LogP contribution is -2.20. The van der Waals surface area contributed by atoms with Crippen LogP contribution in [0.3, 0.4) is 0 Å². The molecule has 2 N–H and O–H groups in total. The lowest BCUT2D eigenvalue weighted by Gasteiger charge is -2.14. The zero-order valence-electron chi connectivity index (χ0n) is 7.90. The first-order chi connectivity index (χ1) is 6.25. The summed E-state index contributed by atoms with van der Waals surface area (Å²) in [5, 5.41) is 0. The molecular weight excluding hydrogens is 162 g/mol. The van der Waals surface area contributed by atoms with Crippen LogP contribution in [0.2, 0.25) is 0 Å². The fraction of sp³-hybridized carbons (Fsp3) is 0.500. The molecule has 0 aliphatic heterocycles. The van der Waals surface area contributed by atoms with Gasteiger partial charge in [0.25, 0.3) is 0 Å². The lowest BCUT2D eigenvalue weighted by atomic mass is 10.3. The molecule has 0 radical (unpaired) electrons. The van der Waals surface area contributed by atoms with Crippen LogP contribution in [-0.4, -0.2) is 23.0 Å². The summed E-state index contributed by atoms with van der Waals surface area (Å²) >= 11 is 0. The summed E-state index contributed by atoms with van der Waals surface area (Å²) < 4.78 is 0. The minimum atomic E-state index is 0.781. The van der Waals surface area contributed by atoms with Crippen LogP contribution >= 0.6 is 0 Å². The van der Waals surface area contributed by atoms with Crippen LogP contribution in [0.5, 0.6) is 0 Å². The molecular formula is C10H15N3. The van der Waals surface area contributed by atoms with Gasteiger partial charge >= 0.3 is 0 Å². The second-order valence-corrected chi connectivity index (χ2v) is 3.73. The number of nitrogens with two attached hydrogens (primary N) is 1. The number of hydrogen-bond acceptors (Lipinski definition) is 3. The van der Waals surface area contributed by atoms with Crippen LogP contribution in [0.25, 0.3) is 0 Å². The van der Waals surface area contributed by atoms with Crippen molar-refractivity contribution in [3.8, 4) is 0 Å². The number of nitrogen functional groups attached to an aromatic ring is 1. The maximum Gasteiger partial charge on any atom is 0.0564 e. The zero-order chi connectivity index (χ0) is 9.26. The Morgan fingerprint density at radius 2 is 2.38 bits per heavy atom. The van der Waals surface area contributed by atoms with Crippen LogP contribution < -0.4 is 5.73 Å². The van der Waals surface area contributed by atoms with Crippen molar-refractivity contribution in [3.63, 3.8) is 0 Å². The van der Waals surface area contributed by atoms with Gasteiger partial charge in [-0.2, -0.15) is 0 Å². The van der Waals surface area contributed by atoms with E-state index in [1.807, 2.05) is 12.1 Å². The monoisotopic (exact) mass is 177 g/mol. The summed E-state index contributed by atoms with van der Waals surface area (Å²) in [6.45, 7) is 0.912. The van der Waals surface area contributed by atoms with Crippen LogP contribution in [-0.2, 0) is 6.54 Å². The van der Waals surface area contributed by atoms with Crippen molar-refractivity contribution in [3.05, 3.63) is 24.0 Å². The van der Waals surface area contributed by atoms with Gasteiger partial charge in [0.1, 0.15) is 0 Å². The third kappa shape index (κ3) is 2.18. The molecule has 0 atom stereocenters. The summed E-state index contributed by atoms with van der Waals surface area (Å²) in [6.07, 6.45) is 4.43. The molecule has 3 heteroatoms. The van der Waals surface area contributed by atoms with E-state index in [2.05, 4.69) is 16.9 Å². The average molecular weight is 177 g/mol. The highest BCUT2D eigenvalue weighted by Crippen LogP contribution is 2.26. The van der Waals surface area contributed by atoms with Crippen LogP contribution in [0.4, 0.5) is 5.69 Å². The van der Waals surface area contributed by atoms with Gasteiger partial charge in [0.2, 0.25) is 0 Å². The Labute approximate surface area is 78.6 Å². The van der Waals surface area contributed by atoms with Crippen molar-refractivity contribution in [1.82, 2.24) is 9.88 Å². The van der Waals surface area contributed by atoms with Crippen LogP contribution in [0.1, 0.15) is 18.5 Å². The molecule has 0 spiro atoms. The Morgan fingerprint density at radius 3 is 3.00 bits per heavy atom. The molecule has 1 aromatic heterocycles. The van der Waals surface area contributed by atoms with E-state index in [-0.39, 0.29) is 0 Å².